The molecule has 1 aromatic heterocycles. The Labute approximate surface area is 143 Å². The molecule has 2 aromatic rings. The average molecular weight is 326 g/mol. The van der Waals surface area contributed by atoms with Gasteiger partial charge in [-0.1, -0.05) is 24.3 Å². The minimum Gasteiger partial charge on any atom is -0.347 e. The van der Waals surface area contributed by atoms with Gasteiger partial charge in [-0.2, -0.15) is 5.10 Å². The van der Waals surface area contributed by atoms with E-state index in [0.29, 0.717) is 6.54 Å². The van der Waals surface area contributed by atoms with Crippen LogP contribution in [-0.4, -0.2) is 52.7 Å². The quantitative estimate of drug-likeness (QED) is 0.865. The van der Waals surface area contributed by atoms with Gasteiger partial charge in [0.25, 0.3) is 5.91 Å². The van der Waals surface area contributed by atoms with Gasteiger partial charge in [0.2, 0.25) is 0 Å². The summed E-state index contributed by atoms with van der Waals surface area (Å²) in [6.07, 6.45) is 5.49. The molecule has 1 aliphatic heterocycles. The zero-order chi connectivity index (χ0) is 17.2. The van der Waals surface area contributed by atoms with Gasteiger partial charge < -0.3 is 4.90 Å². The summed E-state index contributed by atoms with van der Waals surface area (Å²) in [5.74, 6) is 0.126. The number of aryl methyl sites for hydroxylation is 1. The number of rotatable bonds is 4. The number of likely N-dealkylation sites (N-methyl/N-ethyl adjacent to an activating group) is 1. The van der Waals surface area contributed by atoms with Gasteiger partial charge in [0, 0.05) is 39.6 Å². The van der Waals surface area contributed by atoms with Crippen molar-refractivity contribution in [3.8, 4) is 0 Å². The largest absolute Gasteiger partial charge is 0.347 e. The van der Waals surface area contributed by atoms with Crippen LogP contribution in [0.5, 0.6) is 0 Å². The molecular formula is C19H26N4O. The van der Waals surface area contributed by atoms with Gasteiger partial charge in [-0.05, 0) is 43.5 Å². The Hall–Kier alpha value is -2.14. The molecule has 1 amide bonds. The highest BCUT2D eigenvalue weighted by atomic mass is 16.2. The summed E-state index contributed by atoms with van der Waals surface area (Å²) in [5, 5.41) is 4.42. The van der Waals surface area contributed by atoms with Crippen LogP contribution in [0, 0.1) is 6.92 Å². The van der Waals surface area contributed by atoms with Crippen LogP contribution in [0.3, 0.4) is 0 Å². The predicted octanol–water partition coefficient (Wildman–Crippen LogP) is 2.27. The number of amides is 1. The number of hydrogen-bond acceptors (Lipinski definition) is 3. The van der Waals surface area contributed by atoms with Crippen LogP contribution < -0.4 is 0 Å². The minimum absolute atomic E-state index is 0.126. The third kappa shape index (κ3) is 3.08. The fourth-order valence-corrected chi connectivity index (χ4v) is 3.68. The second-order valence-electron chi connectivity index (χ2n) is 6.92. The van der Waals surface area contributed by atoms with Crippen molar-refractivity contribution in [3.63, 3.8) is 0 Å². The molecule has 3 rings (SSSR count). The molecule has 0 radical (unpaired) electrons. The normalized spacial score (nSPS) is 21.6. The van der Waals surface area contributed by atoms with Crippen molar-refractivity contribution in [2.45, 2.75) is 31.8 Å². The minimum atomic E-state index is -0.603. The summed E-state index contributed by atoms with van der Waals surface area (Å²) < 4.78 is 1.86. The molecule has 0 spiro atoms. The van der Waals surface area contributed by atoms with Gasteiger partial charge in [0.1, 0.15) is 0 Å². The lowest BCUT2D eigenvalue weighted by Gasteiger charge is -2.43. The first-order chi connectivity index (χ1) is 11.5. The molecule has 1 aromatic carbocycles. The van der Waals surface area contributed by atoms with Crippen molar-refractivity contribution in [2.75, 3.05) is 27.2 Å². The molecule has 0 saturated carbocycles. The molecule has 1 unspecified atom stereocenters. The van der Waals surface area contributed by atoms with Gasteiger partial charge in [-0.15, -0.1) is 0 Å². The van der Waals surface area contributed by atoms with E-state index in [-0.39, 0.29) is 5.91 Å². The van der Waals surface area contributed by atoms with Crippen molar-refractivity contribution in [1.82, 2.24) is 19.6 Å². The van der Waals surface area contributed by atoms with E-state index >= 15 is 0 Å². The predicted molar refractivity (Wildman–Crippen MR) is 94.6 cm³/mol. The van der Waals surface area contributed by atoms with Crippen molar-refractivity contribution in [1.29, 1.82) is 0 Å². The molecule has 5 nitrogen and oxygen atoms in total. The van der Waals surface area contributed by atoms with E-state index in [1.807, 2.05) is 31.0 Å². The van der Waals surface area contributed by atoms with Gasteiger partial charge in [0.05, 0.1) is 0 Å². The second-order valence-corrected chi connectivity index (χ2v) is 6.92. The first-order valence-corrected chi connectivity index (χ1v) is 8.52. The van der Waals surface area contributed by atoms with E-state index in [9.17, 15) is 4.79 Å². The summed E-state index contributed by atoms with van der Waals surface area (Å²) in [4.78, 5) is 17.1. The highest BCUT2D eigenvalue weighted by molar-refractivity contribution is 5.84. The summed E-state index contributed by atoms with van der Waals surface area (Å²) >= 11 is 0. The molecule has 1 fully saturated rings. The highest BCUT2D eigenvalue weighted by Gasteiger charge is 2.45. The molecule has 0 N–H and O–H groups in total. The summed E-state index contributed by atoms with van der Waals surface area (Å²) in [6, 6.07) is 10.4. The van der Waals surface area contributed by atoms with Crippen LogP contribution in [0.15, 0.2) is 42.7 Å². The SMILES string of the molecule is Cc1ccccc1CN1CCCC(C(=O)N(C)C)(n2cccn2)C1. The van der Waals surface area contributed by atoms with Crippen LogP contribution in [0.4, 0.5) is 0 Å². The van der Waals surface area contributed by atoms with E-state index in [1.165, 1.54) is 11.1 Å². The van der Waals surface area contributed by atoms with Gasteiger partial charge >= 0.3 is 0 Å². The van der Waals surface area contributed by atoms with E-state index in [0.717, 1.165) is 25.9 Å². The number of likely N-dealkylation sites (tertiary alicyclic amines) is 1. The Balaban J connectivity index is 1.88. The van der Waals surface area contributed by atoms with Crippen LogP contribution >= 0.6 is 0 Å². The van der Waals surface area contributed by atoms with Gasteiger partial charge in [0.15, 0.2) is 5.54 Å². The molecule has 1 aliphatic rings. The maximum absolute atomic E-state index is 13.0. The zero-order valence-corrected chi connectivity index (χ0v) is 14.8. The molecule has 1 atom stereocenters. The van der Waals surface area contributed by atoms with E-state index in [4.69, 9.17) is 0 Å². The molecule has 5 heteroatoms. The zero-order valence-electron chi connectivity index (χ0n) is 14.8. The Morgan fingerprint density at radius 2 is 2.08 bits per heavy atom. The van der Waals surface area contributed by atoms with Crippen molar-refractivity contribution in [3.05, 3.63) is 53.9 Å². The number of nitrogens with zero attached hydrogens (tertiary/aromatic N) is 4. The molecule has 2 heterocycles. The Bertz CT molecular complexity index is 695. The van der Waals surface area contributed by atoms with Crippen LogP contribution in [0.25, 0.3) is 0 Å². The van der Waals surface area contributed by atoms with Gasteiger partial charge in [-0.3, -0.25) is 14.4 Å². The third-order valence-electron chi connectivity index (χ3n) is 4.95. The van der Waals surface area contributed by atoms with Crippen molar-refractivity contribution in [2.24, 2.45) is 0 Å². The molecule has 24 heavy (non-hydrogen) atoms. The number of piperidine rings is 1. The average Bonchev–Trinajstić information content (AvgIpc) is 3.11. The smallest absolute Gasteiger partial charge is 0.251 e. The van der Waals surface area contributed by atoms with Gasteiger partial charge in [-0.25, -0.2) is 0 Å². The molecule has 0 bridgehead atoms. The van der Waals surface area contributed by atoms with Crippen LogP contribution in [0.2, 0.25) is 0 Å². The lowest BCUT2D eigenvalue weighted by Crippen LogP contribution is -2.58. The van der Waals surface area contributed by atoms with Crippen molar-refractivity contribution >= 4 is 5.91 Å². The molecule has 1 saturated heterocycles. The fraction of sp³-hybridized carbons (Fsp3) is 0.474. The molecular weight excluding hydrogens is 300 g/mol. The summed E-state index contributed by atoms with van der Waals surface area (Å²) in [5.41, 5.74) is 2.02. The number of carbonyl (C=O) groups is 1. The first kappa shape index (κ1) is 16.7. The van der Waals surface area contributed by atoms with E-state index < -0.39 is 5.54 Å². The number of aromatic nitrogens is 2. The van der Waals surface area contributed by atoms with Crippen molar-refractivity contribution < 1.29 is 4.79 Å². The fourth-order valence-electron chi connectivity index (χ4n) is 3.68. The van der Waals surface area contributed by atoms with E-state index in [1.54, 1.807) is 11.1 Å². The van der Waals surface area contributed by atoms with E-state index in [2.05, 4.69) is 41.2 Å². The monoisotopic (exact) mass is 326 g/mol. The topological polar surface area (TPSA) is 41.4 Å². The standard InChI is InChI=1S/C19H26N4O/c1-16-8-4-5-9-17(16)14-22-12-6-10-19(15-22,18(24)21(2)3)23-13-7-11-20-23/h4-5,7-9,11,13H,6,10,12,14-15H2,1-3H3. The number of hydrogen-bond donors (Lipinski definition) is 0. The maximum Gasteiger partial charge on any atom is 0.251 e. The first-order valence-electron chi connectivity index (χ1n) is 8.52. The lowest BCUT2D eigenvalue weighted by atomic mass is 9.87. The second kappa shape index (κ2) is 6.77. The Morgan fingerprint density at radius 1 is 1.29 bits per heavy atom. The Morgan fingerprint density at radius 3 is 2.75 bits per heavy atom. The highest BCUT2D eigenvalue weighted by Crippen LogP contribution is 2.31. The van der Waals surface area contributed by atoms with Crippen LogP contribution in [0.1, 0.15) is 24.0 Å². The Kier molecular flexibility index (Phi) is 4.71. The summed E-state index contributed by atoms with van der Waals surface area (Å²) in [6.45, 7) is 4.72. The summed E-state index contributed by atoms with van der Waals surface area (Å²) in [7, 11) is 3.65. The molecule has 0 aliphatic carbocycles. The lowest BCUT2D eigenvalue weighted by molar-refractivity contribution is -0.142. The van der Waals surface area contributed by atoms with Crippen LogP contribution in [-0.2, 0) is 16.9 Å². The third-order valence-corrected chi connectivity index (χ3v) is 4.95. The number of carbonyl (C=O) groups excluding carboxylic acids is 1. The molecule has 128 valence electrons. The number of benzene rings is 1. The maximum atomic E-state index is 13.0.